The van der Waals surface area contributed by atoms with Crippen LogP contribution < -0.4 is 10.5 Å². The first-order chi connectivity index (χ1) is 10.3. The van der Waals surface area contributed by atoms with E-state index in [1.807, 2.05) is 42.5 Å². The fourth-order valence-electron chi connectivity index (χ4n) is 2.54. The van der Waals surface area contributed by atoms with E-state index in [0.29, 0.717) is 0 Å². The standard InChI is InChI=1S/C17H14N2OS/c18-13-7-5-11(6-8-13)14-10-21-17(19-14)16-9-12-3-1-2-4-15(12)20-16/h1-8,10,16H,9,18H2. The molecule has 2 aromatic carbocycles. The van der Waals surface area contributed by atoms with Crippen molar-refractivity contribution in [2.75, 3.05) is 5.73 Å². The Morgan fingerprint density at radius 3 is 2.71 bits per heavy atom. The van der Waals surface area contributed by atoms with Crippen molar-refractivity contribution in [2.45, 2.75) is 12.5 Å². The zero-order valence-electron chi connectivity index (χ0n) is 11.3. The Morgan fingerprint density at radius 2 is 1.90 bits per heavy atom. The number of anilines is 1. The Bertz CT molecular complexity index is 754. The third kappa shape index (κ3) is 2.28. The smallest absolute Gasteiger partial charge is 0.154 e. The summed E-state index contributed by atoms with van der Waals surface area (Å²) in [5.74, 6) is 0.978. The Balaban J connectivity index is 1.60. The zero-order chi connectivity index (χ0) is 14.2. The van der Waals surface area contributed by atoms with E-state index >= 15 is 0 Å². The predicted octanol–water partition coefficient (Wildman–Crippen LogP) is 4.07. The second kappa shape index (κ2) is 4.90. The average Bonchev–Trinajstić information content (AvgIpc) is 3.14. The molecule has 21 heavy (non-hydrogen) atoms. The van der Waals surface area contributed by atoms with Crippen molar-refractivity contribution in [3.63, 3.8) is 0 Å². The van der Waals surface area contributed by atoms with Gasteiger partial charge in [-0.3, -0.25) is 0 Å². The number of para-hydroxylation sites is 1. The summed E-state index contributed by atoms with van der Waals surface area (Å²) in [6.45, 7) is 0. The lowest BCUT2D eigenvalue weighted by Gasteiger charge is -2.06. The Hall–Kier alpha value is -2.33. The minimum atomic E-state index is 0.0370. The molecular weight excluding hydrogens is 280 g/mol. The van der Waals surface area contributed by atoms with Gasteiger partial charge in [0.25, 0.3) is 0 Å². The molecule has 0 saturated carbocycles. The summed E-state index contributed by atoms with van der Waals surface area (Å²) in [6, 6.07) is 16.0. The van der Waals surface area contributed by atoms with Crippen molar-refractivity contribution in [1.29, 1.82) is 0 Å². The summed E-state index contributed by atoms with van der Waals surface area (Å²) in [5.41, 5.74) is 9.81. The molecule has 3 aromatic rings. The number of nitrogen functional groups attached to an aromatic ring is 1. The maximum Gasteiger partial charge on any atom is 0.154 e. The molecule has 0 bridgehead atoms. The van der Waals surface area contributed by atoms with Crippen LogP contribution in [0, 0.1) is 0 Å². The van der Waals surface area contributed by atoms with Crippen LogP contribution in [0.25, 0.3) is 11.3 Å². The molecule has 0 fully saturated rings. The van der Waals surface area contributed by atoms with Gasteiger partial charge in [0.15, 0.2) is 6.10 Å². The van der Waals surface area contributed by atoms with E-state index in [-0.39, 0.29) is 6.10 Å². The van der Waals surface area contributed by atoms with E-state index < -0.39 is 0 Å². The average molecular weight is 294 g/mol. The van der Waals surface area contributed by atoms with Crippen LogP contribution in [-0.2, 0) is 6.42 Å². The Morgan fingerprint density at radius 1 is 1.10 bits per heavy atom. The minimum Gasteiger partial charge on any atom is -0.483 e. The lowest BCUT2D eigenvalue weighted by molar-refractivity contribution is 0.238. The monoisotopic (exact) mass is 294 g/mol. The number of thiazole rings is 1. The SMILES string of the molecule is Nc1ccc(-c2csc(C3Cc4ccccc4O3)n2)cc1. The first-order valence-corrected chi connectivity index (χ1v) is 7.73. The molecule has 0 radical (unpaired) electrons. The maximum atomic E-state index is 5.99. The van der Waals surface area contributed by atoms with E-state index in [0.717, 1.165) is 34.1 Å². The summed E-state index contributed by atoms with van der Waals surface area (Å²) in [6.07, 6.45) is 0.931. The van der Waals surface area contributed by atoms with Crippen LogP contribution in [-0.4, -0.2) is 4.98 Å². The third-order valence-electron chi connectivity index (χ3n) is 3.65. The molecule has 104 valence electrons. The molecule has 0 saturated heterocycles. The van der Waals surface area contributed by atoms with E-state index in [2.05, 4.69) is 11.4 Å². The summed E-state index contributed by atoms with van der Waals surface area (Å²) in [4.78, 5) is 4.73. The second-order valence-electron chi connectivity index (χ2n) is 5.11. The molecule has 1 aliphatic rings. The number of fused-ring (bicyclic) bond motifs is 1. The van der Waals surface area contributed by atoms with Gasteiger partial charge >= 0.3 is 0 Å². The second-order valence-corrected chi connectivity index (χ2v) is 6.00. The van der Waals surface area contributed by atoms with Crippen molar-refractivity contribution in [3.8, 4) is 17.0 Å². The molecule has 0 aliphatic carbocycles. The van der Waals surface area contributed by atoms with Crippen molar-refractivity contribution >= 4 is 17.0 Å². The molecule has 4 heteroatoms. The fraction of sp³-hybridized carbons (Fsp3) is 0.118. The zero-order valence-corrected chi connectivity index (χ0v) is 12.1. The number of benzene rings is 2. The molecule has 0 spiro atoms. The molecule has 3 nitrogen and oxygen atoms in total. The van der Waals surface area contributed by atoms with Gasteiger partial charge in [0.2, 0.25) is 0 Å². The number of rotatable bonds is 2. The molecule has 1 aromatic heterocycles. The van der Waals surface area contributed by atoms with Gasteiger partial charge in [-0.25, -0.2) is 4.98 Å². The highest BCUT2D eigenvalue weighted by Gasteiger charge is 2.26. The van der Waals surface area contributed by atoms with Crippen LogP contribution in [0.5, 0.6) is 5.75 Å². The quantitative estimate of drug-likeness (QED) is 0.725. The first kappa shape index (κ1) is 12.4. The topological polar surface area (TPSA) is 48.1 Å². The van der Waals surface area contributed by atoms with E-state index in [4.69, 9.17) is 15.5 Å². The van der Waals surface area contributed by atoms with Crippen LogP contribution in [0.1, 0.15) is 16.7 Å². The van der Waals surface area contributed by atoms with E-state index in [1.54, 1.807) is 11.3 Å². The molecule has 2 N–H and O–H groups in total. The number of ether oxygens (including phenoxy) is 1. The van der Waals surface area contributed by atoms with Gasteiger partial charge in [-0.05, 0) is 23.8 Å². The lowest BCUT2D eigenvalue weighted by atomic mass is 10.1. The van der Waals surface area contributed by atoms with Gasteiger partial charge in [-0.2, -0.15) is 0 Å². The minimum absolute atomic E-state index is 0.0370. The van der Waals surface area contributed by atoms with Crippen LogP contribution >= 0.6 is 11.3 Å². The Kier molecular flexibility index (Phi) is 2.89. The molecule has 2 heterocycles. The normalized spacial score (nSPS) is 16.5. The van der Waals surface area contributed by atoms with Gasteiger partial charge in [0, 0.05) is 23.1 Å². The Labute approximate surface area is 127 Å². The number of hydrogen-bond donors (Lipinski definition) is 1. The highest BCUT2D eigenvalue weighted by Crippen LogP contribution is 2.38. The highest BCUT2D eigenvalue weighted by molar-refractivity contribution is 7.10. The van der Waals surface area contributed by atoms with Crippen LogP contribution in [0.4, 0.5) is 5.69 Å². The van der Waals surface area contributed by atoms with Crippen LogP contribution in [0.15, 0.2) is 53.9 Å². The molecule has 1 atom stereocenters. The van der Waals surface area contributed by atoms with Crippen molar-refractivity contribution in [2.24, 2.45) is 0 Å². The van der Waals surface area contributed by atoms with Crippen molar-refractivity contribution in [1.82, 2.24) is 4.98 Å². The number of aromatic nitrogens is 1. The van der Waals surface area contributed by atoms with Gasteiger partial charge in [0.05, 0.1) is 5.69 Å². The third-order valence-corrected chi connectivity index (χ3v) is 4.59. The van der Waals surface area contributed by atoms with Crippen LogP contribution in [0.2, 0.25) is 0 Å². The number of nitrogens with two attached hydrogens (primary N) is 1. The molecule has 1 aliphatic heterocycles. The number of nitrogens with zero attached hydrogens (tertiary/aromatic N) is 1. The van der Waals surface area contributed by atoms with E-state index in [1.165, 1.54) is 5.56 Å². The molecule has 1 unspecified atom stereocenters. The van der Waals surface area contributed by atoms with Crippen molar-refractivity contribution < 1.29 is 4.74 Å². The molecular formula is C17H14N2OS. The lowest BCUT2D eigenvalue weighted by Crippen LogP contribution is -2.02. The number of hydrogen-bond acceptors (Lipinski definition) is 4. The van der Waals surface area contributed by atoms with Crippen molar-refractivity contribution in [3.05, 3.63) is 64.5 Å². The molecule has 4 rings (SSSR count). The summed E-state index contributed by atoms with van der Waals surface area (Å²) in [7, 11) is 0. The van der Waals surface area contributed by atoms with Gasteiger partial charge < -0.3 is 10.5 Å². The van der Waals surface area contributed by atoms with E-state index in [9.17, 15) is 0 Å². The predicted molar refractivity (Wildman–Crippen MR) is 85.5 cm³/mol. The van der Waals surface area contributed by atoms with Gasteiger partial charge in [-0.1, -0.05) is 30.3 Å². The summed E-state index contributed by atoms with van der Waals surface area (Å²) in [5, 5.41) is 3.10. The van der Waals surface area contributed by atoms with Gasteiger partial charge in [-0.15, -0.1) is 11.3 Å². The maximum absolute atomic E-state index is 5.99. The molecule has 0 amide bonds. The largest absolute Gasteiger partial charge is 0.483 e. The highest BCUT2D eigenvalue weighted by atomic mass is 32.1. The van der Waals surface area contributed by atoms with Gasteiger partial charge in [0.1, 0.15) is 10.8 Å². The van der Waals surface area contributed by atoms with Crippen LogP contribution in [0.3, 0.4) is 0 Å². The fourth-order valence-corrected chi connectivity index (χ4v) is 3.40. The summed E-state index contributed by atoms with van der Waals surface area (Å²) < 4.78 is 5.99. The first-order valence-electron chi connectivity index (χ1n) is 6.85. The summed E-state index contributed by atoms with van der Waals surface area (Å²) >= 11 is 1.65.